The third-order valence-corrected chi connectivity index (χ3v) is 2.67. The molecule has 0 radical (unpaired) electrons. The van der Waals surface area contributed by atoms with E-state index >= 15 is 0 Å². The summed E-state index contributed by atoms with van der Waals surface area (Å²) in [4.78, 5) is 15.4. The third kappa shape index (κ3) is 5.12. The fourth-order valence-electron chi connectivity index (χ4n) is 1.33. The van der Waals surface area contributed by atoms with Gasteiger partial charge in [-0.2, -0.15) is 5.26 Å². The fraction of sp³-hybridized carbons (Fsp3) is 0.417. The van der Waals surface area contributed by atoms with Gasteiger partial charge in [0.25, 0.3) is 0 Å². The molecule has 0 saturated carbocycles. The first-order valence-corrected chi connectivity index (χ1v) is 6.11. The number of carbonyl (C=O) groups is 1. The number of nitriles is 1. The predicted molar refractivity (Wildman–Crippen MR) is 72.0 cm³/mol. The molecule has 6 nitrogen and oxygen atoms in total. The van der Waals surface area contributed by atoms with Gasteiger partial charge in [0.15, 0.2) is 0 Å². The van der Waals surface area contributed by atoms with Crippen molar-refractivity contribution in [3.8, 4) is 6.07 Å². The summed E-state index contributed by atoms with van der Waals surface area (Å²) in [6.07, 6.45) is 1.78. The summed E-state index contributed by atoms with van der Waals surface area (Å²) in [5.74, 6) is 0.322. The van der Waals surface area contributed by atoms with E-state index in [4.69, 9.17) is 21.6 Å². The van der Waals surface area contributed by atoms with Gasteiger partial charge in [-0.25, -0.2) is 4.98 Å². The molecule has 1 aromatic heterocycles. The molecule has 0 aliphatic rings. The van der Waals surface area contributed by atoms with E-state index in [0.717, 1.165) is 0 Å². The number of nitrogens with zero attached hydrogens (tertiary/aromatic N) is 2. The van der Waals surface area contributed by atoms with Crippen molar-refractivity contribution in [1.82, 2.24) is 10.3 Å². The van der Waals surface area contributed by atoms with Crippen LogP contribution in [0.15, 0.2) is 12.3 Å². The maximum atomic E-state index is 11.4. The number of aromatic nitrogens is 1. The topological polar surface area (TPSA) is 87.0 Å². The highest BCUT2D eigenvalue weighted by atomic mass is 35.5. The Morgan fingerprint density at radius 2 is 2.37 bits per heavy atom. The summed E-state index contributed by atoms with van der Waals surface area (Å²) in [5, 5.41) is 14.7. The molecule has 1 rings (SSSR count). The van der Waals surface area contributed by atoms with Crippen molar-refractivity contribution in [3.05, 3.63) is 22.8 Å². The van der Waals surface area contributed by atoms with E-state index in [9.17, 15) is 4.79 Å². The van der Waals surface area contributed by atoms with Crippen LogP contribution in [-0.2, 0) is 9.53 Å². The molecule has 0 atom stereocenters. The van der Waals surface area contributed by atoms with Crippen LogP contribution in [-0.4, -0.2) is 37.7 Å². The molecule has 0 bridgehead atoms. The van der Waals surface area contributed by atoms with Crippen molar-refractivity contribution < 1.29 is 9.53 Å². The molecule has 102 valence electrons. The van der Waals surface area contributed by atoms with Crippen LogP contribution >= 0.6 is 11.6 Å². The maximum absolute atomic E-state index is 11.4. The average molecular weight is 283 g/mol. The lowest BCUT2D eigenvalue weighted by Crippen LogP contribution is -2.28. The first kappa shape index (κ1) is 15.2. The highest BCUT2D eigenvalue weighted by Crippen LogP contribution is 2.22. The van der Waals surface area contributed by atoms with E-state index < -0.39 is 0 Å². The lowest BCUT2D eigenvalue weighted by Gasteiger charge is -2.08. The lowest BCUT2D eigenvalue weighted by molar-refractivity contribution is -0.121. The van der Waals surface area contributed by atoms with Crippen molar-refractivity contribution >= 4 is 23.3 Å². The summed E-state index contributed by atoms with van der Waals surface area (Å²) >= 11 is 5.96. The zero-order valence-corrected chi connectivity index (χ0v) is 11.3. The molecule has 0 spiro atoms. The highest BCUT2D eigenvalue weighted by Gasteiger charge is 2.07. The Hall–Kier alpha value is -1.84. The van der Waals surface area contributed by atoms with Crippen molar-refractivity contribution in [2.75, 3.05) is 32.1 Å². The van der Waals surface area contributed by atoms with Crippen LogP contribution in [0, 0.1) is 11.3 Å². The van der Waals surface area contributed by atoms with Gasteiger partial charge in [-0.1, -0.05) is 11.6 Å². The Morgan fingerprint density at radius 1 is 1.58 bits per heavy atom. The average Bonchev–Trinajstić information content (AvgIpc) is 2.41. The van der Waals surface area contributed by atoms with Crippen LogP contribution in [0.5, 0.6) is 0 Å². The van der Waals surface area contributed by atoms with Gasteiger partial charge < -0.3 is 15.4 Å². The quantitative estimate of drug-likeness (QED) is 0.733. The van der Waals surface area contributed by atoms with Gasteiger partial charge in [0.05, 0.1) is 12.2 Å². The number of amides is 1. The number of pyridine rings is 1. The Balaban J connectivity index is 2.37. The molecular weight excluding hydrogens is 268 g/mol. The molecule has 1 amide bonds. The van der Waals surface area contributed by atoms with Crippen LogP contribution in [0.3, 0.4) is 0 Å². The normalized spacial score (nSPS) is 9.74. The van der Waals surface area contributed by atoms with E-state index in [-0.39, 0.29) is 10.9 Å². The summed E-state index contributed by atoms with van der Waals surface area (Å²) < 4.78 is 4.82. The molecule has 2 N–H and O–H groups in total. The number of halogens is 1. The Bertz CT molecular complexity index is 473. The molecule has 0 fully saturated rings. The smallest absolute Gasteiger partial charge is 0.221 e. The zero-order valence-electron chi connectivity index (χ0n) is 10.6. The van der Waals surface area contributed by atoms with Crippen LogP contribution in [0.2, 0.25) is 5.02 Å². The summed E-state index contributed by atoms with van der Waals surface area (Å²) in [5.41, 5.74) is 0.351. The molecule has 7 heteroatoms. The van der Waals surface area contributed by atoms with Gasteiger partial charge in [0, 0.05) is 32.8 Å². The van der Waals surface area contributed by atoms with Gasteiger partial charge in [-0.3, -0.25) is 4.79 Å². The first-order valence-electron chi connectivity index (χ1n) is 5.73. The second-order valence-electron chi connectivity index (χ2n) is 3.65. The Morgan fingerprint density at radius 3 is 3.05 bits per heavy atom. The SMILES string of the molecule is COCCNC(=O)CCNc1nccc(C#N)c1Cl. The number of anilines is 1. The van der Waals surface area contributed by atoms with Crippen molar-refractivity contribution in [1.29, 1.82) is 5.26 Å². The lowest BCUT2D eigenvalue weighted by atomic mass is 10.3. The second kappa shape index (κ2) is 8.29. The fourth-order valence-corrected chi connectivity index (χ4v) is 1.55. The van der Waals surface area contributed by atoms with Crippen LogP contribution < -0.4 is 10.6 Å². The molecule has 0 saturated heterocycles. The largest absolute Gasteiger partial charge is 0.383 e. The monoisotopic (exact) mass is 282 g/mol. The number of carbonyl (C=O) groups excluding carboxylic acids is 1. The minimum absolute atomic E-state index is 0.0860. The molecule has 0 aromatic carbocycles. The van der Waals surface area contributed by atoms with Gasteiger partial charge in [-0.15, -0.1) is 0 Å². The van der Waals surface area contributed by atoms with Crippen molar-refractivity contribution in [3.63, 3.8) is 0 Å². The van der Waals surface area contributed by atoms with E-state index in [1.807, 2.05) is 6.07 Å². The van der Waals surface area contributed by atoms with Gasteiger partial charge in [0.1, 0.15) is 16.9 Å². The van der Waals surface area contributed by atoms with E-state index in [2.05, 4.69) is 15.6 Å². The standard InChI is InChI=1S/C12H15ClN4O2/c1-19-7-6-15-10(18)3-5-17-12-11(13)9(8-14)2-4-16-12/h2,4H,3,5-7H2,1H3,(H,15,18)(H,16,17). The molecule has 0 aliphatic heterocycles. The maximum Gasteiger partial charge on any atom is 0.221 e. The minimum Gasteiger partial charge on any atom is -0.383 e. The van der Waals surface area contributed by atoms with E-state index in [1.54, 1.807) is 7.11 Å². The molecule has 0 unspecified atom stereocenters. The van der Waals surface area contributed by atoms with E-state index in [1.165, 1.54) is 12.3 Å². The summed E-state index contributed by atoms with van der Waals surface area (Å²) in [6, 6.07) is 3.50. The summed E-state index contributed by atoms with van der Waals surface area (Å²) in [7, 11) is 1.57. The zero-order chi connectivity index (χ0) is 14.1. The van der Waals surface area contributed by atoms with Crippen LogP contribution in [0.4, 0.5) is 5.82 Å². The van der Waals surface area contributed by atoms with Crippen molar-refractivity contribution in [2.24, 2.45) is 0 Å². The van der Waals surface area contributed by atoms with Crippen LogP contribution in [0.1, 0.15) is 12.0 Å². The Labute approximate surface area is 116 Å². The van der Waals surface area contributed by atoms with Gasteiger partial charge in [0.2, 0.25) is 5.91 Å². The highest BCUT2D eigenvalue weighted by molar-refractivity contribution is 6.34. The molecule has 19 heavy (non-hydrogen) atoms. The third-order valence-electron chi connectivity index (χ3n) is 2.28. The number of hydrogen-bond acceptors (Lipinski definition) is 5. The molecular formula is C12H15ClN4O2. The number of hydrogen-bond donors (Lipinski definition) is 2. The first-order chi connectivity index (χ1) is 9.19. The minimum atomic E-state index is -0.0860. The van der Waals surface area contributed by atoms with Gasteiger partial charge in [-0.05, 0) is 6.07 Å². The van der Waals surface area contributed by atoms with Crippen LogP contribution in [0.25, 0.3) is 0 Å². The van der Waals surface area contributed by atoms with Gasteiger partial charge >= 0.3 is 0 Å². The number of nitrogens with one attached hydrogen (secondary N) is 2. The van der Waals surface area contributed by atoms with E-state index in [0.29, 0.717) is 37.5 Å². The number of methoxy groups -OCH3 is 1. The molecule has 1 aromatic rings. The van der Waals surface area contributed by atoms with Crippen molar-refractivity contribution in [2.45, 2.75) is 6.42 Å². The Kier molecular flexibility index (Phi) is 6.64. The molecule has 1 heterocycles. The predicted octanol–water partition coefficient (Wildman–Crippen LogP) is 1.17. The molecule has 0 aliphatic carbocycles. The summed E-state index contributed by atoms with van der Waals surface area (Å²) in [6.45, 7) is 1.36. The second-order valence-corrected chi connectivity index (χ2v) is 4.03. The number of rotatable bonds is 7. The number of ether oxygens (including phenoxy) is 1.